The molecule has 1 aliphatic rings. The lowest BCUT2D eigenvalue weighted by atomic mass is 10.1. The fourth-order valence-corrected chi connectivity index (χ4v) is 3.25. The van der Waals surface area contributed by atoms with Crippen LogP contribution in [0.1, 0.15) is 29.8 Å². The SMILES string of the molecule is CCN(CC)c1ccc(N2CCN(C(=O)c3ccc(C)c(F)c3)CC2)nn1. The van der Waals surface area contributed by atoms with E-state index in [2.05, 4.69) is 33.8 Å². The third-order valence-corrected chi connectivity index (χ3v) is 5.03. The van der Waals surface area contributed by atoms with Crippen LogP contribution < -0.4 is 9.80 Å². The maximum Gasteiger partial charge on any atom is 0.254 e. The number of carbonyl (C=O) groups excluding carboxylic acids is 1. The molecule has 6 nitrogen and oxygen atoms in total. The fourth-order valence-electron chi connectivity index (χ4n) is 3.25. The van der Waals surface area contributed by atoms with Gasteiger partial charge in [0, 0.05) is 44.8 Å². The number of carbonyl (C=O) groups is 1. The Balaban J connectivity index is 1.61. The normalized spacial score (nSPS) is 14.4. The number of nitrogens with zero attached hydrogens (tertiary/aromatic N) is 5. The molecule has 0 bridgehead atoms. The van der Waals surface area contributed by atoms with Crippen molar-refractivity contribution in [3.63, 3.8) is 0 Å². The number of benzene rings is 1. The second-order valence-electron chi connectivity index (χ2n) is 6.67. The minimum Gasteiger partial charge on any atom is -0.356 e. The second kappa shape index (κ2) is 8.33. The Bertz CT molecular complexity index is 783. The zero-order chi connectivity index (χ0) is 19.4. The van der Waals surface area contributed by atoms with Crippen molar-refractivity contribution >= 4 is 17.5 Å². The summed E-state index contributed by atoms with van der Waals surface area (Å²) in [5.74, 6) is 1.22. The van der Waals surface area contributed by atoms with Gasteiger partial charge in [0.1, 0.15) is 5.82 Å². The van der Waals surface area contributed by atoms with Crippen molar-refractivity contribution in [3.8, 4) is 0 Å². The highest BCUT2D eigenvalue weighted by Crippen LogP contribution is 2.18. The number of piperazine rings is 1. The van der Waals surface area contributed by atoms with Crippen LogP contribution in [0.15, 0.2) is 30.3 Å². The van der Waals surface area contributed by atoms with Gasteiger partial charge in [-0.25, -0.2) is 4.39 Å². The summed E-state index contributed by atoms with van der Waals surface area (Å²) >= 11 is 0. The second-order valence-corrected chi connectivity index (χ2v) is 6.67. The molecule has 1 amide bonds. The van der Waals surface area contributed by atoms with E-state index in [1.165, 1.54) is 6.07 Å². The smallest absolute Gasteiger partial charge is 0.254 e. The molecule has 7 heteroatoms. The summed E-state index contributed by atoms with van der Waals surface area (Å²) in [6.45, 7) is 10.2. The lowest BCUT2D eigenvalue weighted by molar-refractivity contribution is 0.0746. The number of hydrogen-bond donors (Lipinski definition) is 0. The predicted molar refractivity (Wildman–Crippen MR) is 105 cm³/mol. The quantitative estimate of drug-likeness (QED) is 0.809. The van der Waals surface area contributed by atoms with E-state index < -0.39 is 0 Å². The molecule has 1 aromatic heterocycles. The average molecular weight is 371 g/mol. The maximum atomic E-state index is 13.7. The topological polar surface area (TPSA) is 52.6 Å². The van der Waals surface area contributed by atoms with Crippen molar-refractivity contribution in [1.82, 2.24) is 15.1 Å². The molecule has 0 saturated carbocycles. The Kier molecular flexibility index (Phi) is 5.88. The van der Waals surface area contributed by atoms with Gasteiger partial charge in [-0.3, -0.25) is 4.79 Å². The maximum absolute atomic E-state index is 13.7. The Labute approximate surface area is 159 Å². The van der Waals surface area contributed by atoms with E-state index in [-0.39, 0.29) is 11.7 Å². The molecule has 0 radical (unpaired) electrons. The van der Waals surface area contributed by atoms with Crippen molar-refractivity contribution in [2.45, 2.75) is 20.8 Å². The molecule has 27 heavy (non-hydrogen) atoms. The van der Waals surface area contributed by atoms with Gasteiger partial charge in [-0.1, -0.05) is 6.07 Å². The van der Waals surface area contributed by atoms with Crippen LogP contribution in [0.25, 0.3) is 0 Å². The minimum absolute atomic E-state index is 0.128. The first-order valence-corrected chi connectivity index (χ1v) is 9.42. The van der Waals surface area contributed by atoms with Gasteiger partial charge >= 0.3 is 0 Å². The predicted octanol–water partition coefficient (Wildman–Crippen LogP) is 2.73. The largest absolute Gasteiger partial charge is 0.356 e. The molecule has 0 spiro atoms. The first-order valence-electron chi connectivity index (χ1n) is 9.42. The van der Waals surface area contributed by atoms with Crippen molar-refractivity contribution in [2.24, 2.45) is 0 Å². The number of halogens is 1. The van der Waals surface area contributed by atoms with Crippen molar-refractivity contribution in [1.29, 1.82) is 0 Å². The van der Waals surface area contributed by atoms with Crippen molar-refractivity contribution < 1.29 is 9.18 Å². The number of amides is 1. The van der Waals surface area contributed by atoms with E-state index in [4.69, 9.17) is 0 Å². The van der Waals surface area contributed by atoms with Gasteiger partial charge in [-0.05, 0) is 50.6 Å². The first-order chi connectivity index (χ1) is 13.0. The van der Waals surface area contributed by atoms with Crippen LogP contribution >= 0.6 is 0 Å². The first kappa shape index (κ1) is 19.1. The van der Waals surface area contributed by atoms with E-state index >= 15 is 0 Å². The summed E-state index contributed by atoms with van der Waals surface area (Å²) in [6.07, 6.45) is 0. The van der Waals surface area contributed by atoms with E-state index in [1.807, 2.05) is 12.1 Å². The molecule has 0 N–H and O–H groups in total. The van der Waals surface area contributed by atoms with Crippen molar-refractivity contribution in [2.75, 3.05) is 49.1 Å². The standard InChI is InChI=1S/C20H26FN5O/c1-4-24(5-2)18-8-9-19(23-22-18)25-10-12-26(13-11-25)20(27)16-7-6-15(3)17(21)14-16/h6-9,14H,4-5,10-13H2,1-3H3. The highest BCUT2D eigenvalue weighted by molar-refractivity contribution is 5.94. The van der Waals surface area contributed by atoms with E-state index in [0.717, 1.165) is 24.7 Å². The molecule has 0 aliphatic carbocycles. The number of rotatable bonds is 5. The molecule has 1 saturated heterocycles. The summed E-state index contributed by atoms with van der Waals surface area (Å²) in [6, 6.07) is 8.62. The molecular formula is C20H26FN5O. The van der Waals surface area contributed by atoms with Crippen LogP contribution in [-0.2, 0) is 0 Å². The van der Waals surface area contributed by atoms with Gasteiger partial charge < -0.3 is 14.7 Å². The van der Waals surface area contributed by atoms with Crippen LogP contribution in [0.5, 0.6) is 0 Å². The Morgan fingerprint density at radius 1 is 1.07 bits per heavy atom. The number of anilines is 2. The zero-order valence-electron chi connectivity index (χ0n) is 16.2. The van der Waals surface area contributed by atoms with Gasteiger partial charge in [-0.15, -0.1) is 10.2 Å². The van der Waals surface area contributed by atoms with Gasteiger partial charge in [0.25, 0.3) is 5.91 Å². The summed E-state index contributed by atoms with van der Waals surface area (Å²) in [5, 5.41) is 8.68. The Morgan fingerprint density at radius 2 is 1.78 bits per heavy atom. The summed E-state index contributed by atoms with van der Waals surface area (Å²) < 4.78 is 13.7. The molecule has 1 aromatic carbocycles. The highest BCUT2D eigenvalue weighted by atomic mass is 19.1. The van der Waals surface area contributed by atoms with E-state index in [0.29, 0.717) is 37.3 Å². The molecule has 1 fully saturated rings. The van der Waals surface area contributed by atoms with Crippen LogP contribution in [0.3, 0.4) is 0 Å². The number of aryl methyl sites for hydroxylation is 1. The summed E-state index contributed by atoms with van der Waals surface area (Å²) in [4.78, 5) is 18.6. The molecule has 2 aromatic rings. The van der Waals surface area contributed by atoms with E-state index in [9.17, 15) is 9.18 Å². The lowest BCUT2D eigenvalue weighted by Gasteiger charge is -2.35. The Hall–Kier alpha value is -2.70. The molecule has 144 valence electrons. The van der Waals surface area contributed by atoms with Crippen LogP contribution in [0.2, 0.25) is 0 Å². The zero-order valence-corrected chi connectivity index (χ0v) is 16.2. The molecule has 3 rings (SSSR count). The average Bonchev–Trinajstić information content (AvgIpc) is 2.71. The molecule has 0 atom stereocenters. The van der Waals surface area contributed by atoms with E-state index in [1.54, 1.807) is 24.0 Å². The van der Waals surface area contributed by atoms with Gasteiger partial charge in [0.05, 0.1) is 0 Å². The van der Waals surface area contributed by atoms with Crippen LogP contribution in [-0.4, -0.2) is 60.3 Å². The fraction of sp³-hybridized carbons (Fsp3) is 0.450. The van der Waals surface area contributed by atoms with Crippen LogP contribution in [0, 0.1) is 12.7 Å². The molecule has 2 heterocycles. The van der Waals surface area contributed by atoms with Crippen LogP contribution in [0.4, 0.5) is 16.0 Å². The minimum atomic E-state index is -0.344. The number of hydrogen-bond acceptors (Lipinski definition) is 5. The Morgan fingerprint density at radius 3 is 2.33 bits per heavy atom. The van der Waals surface area contributed by atoms with Gasteiger partial charge in [0.15, 0.2) is 11.6 Å². The van der Waals surface area contributed by atoms with Gasteiger partial charge in [-0.2, -0.15) is 0 Å². The number of aromatic nitrogens is 2. The monoisotopic (exact) mass is 371 g/mol. The lowest BCUT2D eigenvalue weighted by Crippen LogP contribution is -2.49. The molecular weight excluding hydrogens is 345 g/mol. The van der Waals surface area contributed by atoms with Crippen molar-refractivity contribution in [3.05, 3.63) is 47.3 Å². The molecule has 1 aliphatic heterocycles. The van der Waals surface area contributed by atoms with Gasteiger partial charge in [0.2, 0.25) is 0 Å². The summed E-state index contributed by atoms with van der Waals surface area (Å²) in [7, 11) is 0. The summed E-state index contributed by atoms with van der Waals surface area (Å²) in [5.41, 5.74) is 0.943. The third-order valence-electron chi connectivity index (χ3n) is 5.03. The highest BCUT2D eigenvalue weighted by Gasteiger charge is 2.23. The third kappa shape index (κ3) is 4.18. The molecule has 0 unspecified atom stereocenters.